The highest BCUT2D eigenvalue weighted by molar-refractivity contribution is 5.92. The third kappa shape index (κ3) is 3.58. The standard InChI is InChI=1S/C14H20N2O3/c1-6-18-8-11(17)16-13-10(7-15)12(9(2)19-13)14(3,4)5/h6,8H2,1-5H3,(H,16,17). The van der Waals surface area contributed by atoms with Crippen LogP contribution in [0, 0.1) is 18.3 Å². The Morgan fingerprint density at radius 1 is 1.47 bits per heavy atom. The van der Waals surface area contributed by atoms with E-state index in [1.807, 2.05) is 27.7 Å². The lowest BCUT2D eigenvalue weighted by atomic mass is 9.84. The molecule has 0 aliphatic rings. The Balaban J connectivity index is 3.05. The molecule has 5 nitrogen and oxygen atoms in total. The van der Waals surface area contributed by atoms with Gasteiger partial charge in [0.2, 0.25) is 5.88 Å². The van der Waals surface area contributed by atoms with Crippen LogP contribution >= 0.6 is 0 Å². The second-order valence-corrected chi connectivity index (χ2v) is 5.28. The molecule has 1 N–H and O–H groups in total. The topological polar surface area (TPSA) is 75.3 Å². The number of rotatable bonds is 4. The van der Waals surface area contributed by atoms with Crippen LogP contribution in [-0.4, -0.2) is 19.1 Å². The van der Waals surface area contributed by atoms with Crippen molar-refractivity contribution in [3.05, 3.63) is 16.9 Å². The molecule has 0 saturated heterocycles. The summed E-state index contributed by atoms with van der Waals surface area (Å²) >= 11 is 0. The van der Waals surface area contributed by atoms with Crippen molar-refractivity contribution in [3.63, 3.8) is 0 Å². The number of furan rings is 1. The normalized spacial score (nSPS) is 11.2. The smallest absolute Gasteiger partial charge is 0.252 e. The number of ether oxygens (including phenoxy) is 1. The predicted molar refractivity (Wildman–Crippen MR) is 72.0 cm³/mol. The van der Waals surface area contributed by atoms with Crippen LogP contribution in [0.25, 0.3) is 0 Å². The van der Waals surface area contributed by atoms with Crippen molar-refractivity contribution in [2.75, 3.05) is 18.5 Å². The highest BCUT2D eigenvalue weighted by atomic mass is 16.5. The number of amides is 1. The lowest BCUT2D eigenvalue weighted by molar-refractivity contribution is -0.120. The van der Waals surface area contributed by atoms with Crippen LogP contribution < -0.4 is 5.32 Å². The first-order valence-electron chi connectivity index (χ1n) is 6.22. The third-order valence-electron chi connectivity index (χ3n) is 2.64. The molecule has 0 aliphatic heterocycles. The van der Waals surface area contributed by atoms with E-state index in [2.05, 4.69) is 11.4 Å². The highest BCUT2D eigenvalue weighted by Gasteiger charge is 2.28. The highest BCUT2D eigenvalue weighted by Crippen LogP contribution is 2.35. The van der Waals surface area contributed by atoms with E-state index in [4.69, 9.17) is 9.15 Å². The zero-order chi connectivity index (χ0) is 14.6. The van der Waals surface area contributed by atoms with Gasteiger partial charge in [-0.05, 0) is 19.3 Å². The number of aryl methyl sites for hydroxylation is 1. The first-order valence-corrected chi connectivity index (χ1v) is 6.22. The minimum Gasteiger partial charge on any atom is -0.444 e. The summed E-state index contributed by atoms with van der Waals surface area (Å²) < 4.78 is 10.5. The van der Waals surface area contributed by atoms with Gasteiger partial charge in [-0.3, -0.25) is 10.1 Å². The molecule has 0 atom stereocenters. The molecule has 1 heterocycles. The molecule has 104 valence electrons. The van der Waals surface area contributed by atoms with E-state index in [-0.39, 0.29) is 23.8 Å². The number of nitrogens with zero attached hydrogens (tertiary/aromatic N) is 1. The zero-order valence-corrected chi connectivity index (χ0v) is 12.1. The van der Waals surface area contributed by atoms with Gasteiger partial charge in [-0.2, -0.15) is 5.26 Å². The average molecular weight is 264 g/mol. The van der Waals surface area contributed by atoms with E-state index >= 15 is 0 Å². The van der Waals surface area contributed by atoms with Crippen molar-refractivity contribution in [1.29, 1.82) is 5.26 Å². The number of anilines is 1. The SMILES string of the molecule is CCOCC(=O)Nc1oc(C)c(C(C)(C)C)c1C#N. The summed E-state index contributed by atoms with van der Waals surface area (Å²) in [6, 6.07) is 2.10. The number of hydrogen-bond donors (Lipinski definition) is 1. The van der Waals surface area contributed by atoms with Crippen molar-refractivity contribution in [2.45, 2.75) is 40.0 Å². The molecular formula is C14H20N2O3. The Kier molecular flexibility index (Phi) is 4.73. The van der Waals surface area contributed by atoms with Gasteiger partial charge in [0.05, 0.1) is 0 Å². The van der Waals surface area contributed by atoms with E-state index in [1.165, 1.54) is 0 Å². The van der Waals surface area contributed by atoms with Gasteiger partial charge in [0.1, 0.15) is 24.0 Å². The van der Waals surface area contributed by atoms with Gasteiger partial charge in [0, 0.05) is 12.2 Å². The molecular weight excluding hydrogens is 244 g/mol. The Morgan fingerprint density at radius 3 is 2.58 bits per heavy atom. The van der Waals surface area contributed by atoms with Gasteiger partial charge >= 0.3 is 0 Å². The Bertz CT molecular complexity index is 504. The lowest BCUT2D eigenvalue weighted by Crippen LogP contribution is -2.19. The molecule has 0 radical (unpaired) electrons. The van der Waals surface area contributed by atoms with E-state index in [1.54, 1.807) is 6.92 Å². The van der Waals surface area contributed by atoms with E-state index in [9.17, 15) is 10.1 Å². The molecule has 0 fully saturated rings. The first kappa shape index (κ1) is 15.3. The van der Waals surface area contributed by atoms with Crippen LogP contribution in [0.2, 0.25) is 0 Å². The molecule has 1 aromatic rings. The maximum absolute atomic E-state index is 11.6. The predicted octanol–water partition coefficient (Wildman–Crippen LogP) is 2.73. The van der Waals surface area contributed by atoms with Crippen LogP contribution in [0.5, 0.6) is 0 Å². The van der Waals surface area contributed by atoms with Crippen molar-refractivity contribution < 1.29 is 13.9 Å². The molecule has 0 unspecified atom stereocenters. The molecule has 19 heavy (non-hydrogen) atoms. The molecule has 5 heteroatoms. The second kappa shape index (κ2) is 5.89. The fraction of sp³-hybridized carbons (Fsp3) is 0.571. The van der Waals surface area contributed by atoms with Gasteiger partial charge in [0.15, 0.2) is 0 Å². The molecule has 0 aliphatic carbocycles. The summed E-state index contributed by atoms with van der Waals surface area (Å²) in [6.07, 6.45) is 0. The number of nitrogens with one attached hydrogen (secondary N) is 1. The lowest BCUT2D eigenvalue weighted by Gasteiger charge is -2.17. The van der Waals surface area contributed by atoms with Crippen LogP contribution in [-0.2, 0) is 14.9 Å². The minimum absolute atomic E-state index is 0.0496. The Morgan fingerprint density at radius 2 is 2.11 bits per heavy atom. The van der Waals surface area contributed by atoms with Crippen LogP contribution in [0.3, 0.4) is 0 Å². The maximum atomic E-state index is 11.6. The molecule has 0 spiro atoms. The van der Waals surface area contributed by atoms with E-state index in [0.717, 1.165) is 5.56 Å². The minimum atomic E-state index is -0.326. The average Bonchev–Trinajstić information content (AvgIpc) is 2.61. The summed E-state index contributed by atoms with van der Waals surface area (Å²) in [5.41, 5.74) is 0.984. The van der Waals surface area contributed by atoms with Crippen molar-refractivity contribution in [1.82, 2.24) is 0 Å². The molecule has 1 rings (SSSR count). The van der Waals surface area contributed by atoms with Crippen molar-refractivity contribution in [3.8, 4) is 6.07 Å². The number of nitriles is 1. The number of hydrogen-bond acceptors (Lipinski definition) is 4. The fourth-order valence-electron chi connectivity index (χ4n) is 2.00. The van der Waals surface area contributed by atoms with Crippen LogP contribution in [0.1, 0.15) is 44.6 Å². The van der Waals surface area contributed by atoms with Gasteiger partial charge in [-0.15, -0.1) is 0 Å². The summed E-state index contributed by atoms with van der Waals surface area (Å²) in [5.74, 6) is 0.526. The van der Waals surface area contributed by atoms with E-state index in [0.29, 0.717) is 17.9 Å². The van der Waals surface area contributed by atoms with Crippen molar-refractivity contribution >= 4 is 11.8 Å². The molecule has 0 saturated carbocycles. The second-order valence-electron chi connectivity index (χ2n) is 5.28. The van der Waals surface area contributed by atoms with Crippen molar-refractivity contribution in [2.24, 2.45) is 0 Å². The number of carbonyl (C=O) groups is 1. The molecule has 1 amide bonds. The molecule has 1 aromatic heterocycles. The fourth-order valence-corrected chi connectivity index (χ4v) is 2.00. The van der Waals surface area contributed by atoms with Crippen LogP contribution in [0.4, 0.5) is 5.88 Å². The van der Waals surface area contributed by atoms with Crippen LogP contribution in [0.15, 0.2) is 4.42 Å². The number of carbonyl (C=O) groups excluding carboxylic acids is 1. The summed E-state index contributed by atoms with van der Waals surface area (Å²) in [4.78, 5) is 11.6. The first-order chi connectivity index (χ1) is 8.81. The maximum Gasteiger partial charge on any atom is 0.252 e. The van der Waals surface area contributed by atoms with Gasteiger partial charge < -0.3 is 9.15 Å². The molecule has 0 aromatic carbocycles. The largest absolute Gasteiger partial charge is 0.444 e. The summed E-state index contributed by atoms with van der Waals surface area (Å²) in [7, 11) is 0. The summed E-state index contributed by atoms with van der Waals surface area (Å²) in [6.45, 7) is 10.0. The zero-order valence-electron chi connectivity index (χ0n) is 12.1. The van der Waals surface area contributed by atoms with Gasteiger partial charge in [-0.25, -0.2) is 0 Å². The monoisotopic (exact) mass is 264 g/mol. The van der Waals surface area contributed by atoms with Gasteiger partial charge in [-0.1, -0.05) is 20.8 Å². The van der Waals surface area contributed by atoms with Gasteiger partial charge in [0.25, 0.3) is 5.91 Å². The molecule has 0 bridgehead atoms. The Hall–Kier alpha value is -1.80. The quantitative estimate of drug-likeness (QED) is 0.907. The Labute approximate surface area is 113 Å². The summed E-state index contributed by atoms with van der Waals surface area (Å²) in [5, 5.41) is 11.8. The third-order valence-corrected chi connectivity index (χ3v) is 2.64. The van der Waals surface area contributed by atoms with E-state index < -0.39 is 0 Å².